The molecule has 0 bridgehead atoms. The molecule has 1 aromatic rings. The van der Waals surface area contributed by atoms with E-state index >= 15 is 0 Å². The van der Waals surface area contributed by atoms with Gasteiger partial charge in [0.1, 0.15) is 0 Å². The van der Waals surface area contributed by atoms with Gasteiger partial charge in [-0.25, -0.2) is 0 Å². The molecule has 1 fully saturated rings. The quantitative estimate of drug-likeness (QED) is 0.747. The fraction of sp³-hybridized carbons (Fsp3) is 0.529. The summed E-state index contributed by atoms with van der Waals surface area (Å²) < 4.78 is 11.6. The molecule has 1 saturated heterocycles. The van der Waals surface area contributed by atoms with E-state index in [0.29, 0.717) is 11.3 Å². The van der Waals surface area contributed by atoms with Crippen molar-refractivity contribution in [2.24, 2.45) is 5.92 Å². The molecule has 6 heteroatoms. The molecule has 23 heavy (non-hydrogen) atoms. The summed E-state index contributed by atoms with van der Waals surface area (Å²) >= 11 is 2.78. The second-order valence-electron chi connectivity index (χ2n) is 6.05. The summed E-state index contributed by atoms with van der Waals surface area (Å²) in [4.78, 5) is 14.4. The van der Waals surface area contributed by atoms with Gasteiger partial charge < -0.3 is 0 Å². The van der Waals surface area contributed by atoms with Crippen LogP contribution in [0.2, 0.25) is 0 Å². The van der Waals surface area contributed by atoms with Crippen molar-refractivity contribution in [3.05, 3.63) is 35.9 Å². The van der Waals surface area contributed by atoms with E-state index in [1.165, 1.54) is 0 Å². The third kappa shape index (κ3) is 4.42. The number of benzene rings is 1. The number of ether oxygens (including phenoxy) is 2. The SMILES string of the molecule is CC(O)C(OCc1ccccc1)C(=O)N1C(=[Se])OC[C@@H]1C(C)C. The van der Waals surface area contributed by atoms with Crippen LogP contribution in [0.4, 0.5) is 0 Å². The number of carbonyl (C=O) groups excluding carboxylic acids is 1. The van der Waals surface area contributed by atoms with E-state index in [0.717, 1.165) is 5.56 Å². The van der Waals surface area contributed by atoms with Crippen LogP contribution in [0.15, 0.2) is 30.3 Å². The summed E-state index contributed by atoms with van der Waals surface area (Å²) in [7, 11) is 0. The van der Waals surface area contributed by atoms with Gasteiger partial charge in [-0.2, -0.15) is 0 Å². The molecule has 1 amide bonds. The summed E-state index contributed by atoms with van der Waals surface area (Å²) in [6.45, 7) is 6.36. The molecule has 1 N–H and O–H groups in total. The first-order chi connectivity index (χ1) is 10.9. The first kappa shape index (κ1) is 18.1. The van der Waals surface area contributed by atoms with Gasteiger partial charge in [0.05, 0.1) is 0 Å². The minimum absolute atomic E-state index is 0.0553. The van der Waals surface area contributed by atoms with Gasteiger partial charge >= 0.3 is 145 Å². The van der Waals surface area contributed by atoms with E-state index < -0.39 is 12.2 Å². The summed E-state index contributed by atoms with van der Waals surface area (Å²) in [5, 5.41) is 10.00. The Bertz CT molecular complexity index is 547. The van der Waals surface area contributed by atoms with Crippen molar-refractivity contribution in [2.75, 3.05) is 6.61 Å². The van der Waals surface area contributed by atoms with E-state index in [2.05, 4.69) is 15.6 Å². The van der Waals surface area contributed by atoms with Crippen LogP contribution in [-0.4, -0.2) is 61.1 Å². The second kappa shape index (κ2) is 8.06. The van der Waals surface area contributed by atoms with Crippen molar-refractivity contribution in [1.29, 1.82) is 0 Å². The zero-order chi connectivity index (χ0) is 17.0. The van der Waals surface area contributed by atoms with Crippen LogP contribution in [-0.2, 0) is 20.9 Å². The van der Waals surface area contributed by atoms with Crippen LogP contribution in [0.25, 0.3) is 0 Å². The third-order valence-electron chi connectivity index (χ3n) is 3.87. The molecule has 0 spiro atoms. The maximum atomic E-state index is 12.9. The molecule has 126 valence electrons. The van der Waals surface area contributed by atoms with Crippen LogP contribution < -0.4 is 0 Å². The van der Waals surface area contributed by atoms with Gasteiger partial charge in [-0.1, -0.05) is 0 Å². The Morgan fingerprint density at radius 2 is 2.04 bits per heavy atom. The maximum absolute atomic E-state index is 12.9. The summed E-state index contributed by atoms with van der Waals surface area (Å²) in [6.07, 6.45) is -1.84. The molecule has 3 atom stereocenters. The molecule has 2 rings (SSSR count). The molecule has 2 unspecified atom stereocenters. The van der Waals surface area contributed by atoms with Crippen LogP contribution in [0.3, 0.4) is 0 Å². The van der Waals surface area contributed by atoms with Crippen LogP contribution in [0.5, 0.6) is 0 Å². The Hall–Kier alpha value is -1.20. The third-order valence-corrected chi connectivity index (χ3v) is 4.53. The van der Waals surface area contributed by atoms with Crippen molar-refractivity contribution in [2.45, 2.75) is 45.6 Å². The van der Waals surface area contributed by atoms with Crippen molar-refractivity contribution in [1.82, 2.24) is 4.90 Å². The van der Waals surface area contributed by atoms with Gasteiger partial charge in [0.15, 0.2) is 0 Å². The average molecular weight is 384 g/mol. The monoisotopic (exact) mass is 385 g/mol. The number of carbonyl (C=O) groups is 1. The Balaban J connectivity index is 2.10. The molecular weight excluding hydrogens is 361 g/mol. The Labute approximate surface area is 144 Å². The van der Waals surface area contributed by atoms with Gasteiger partial charge in [-0.15, -0.1) is 0 Å². The van der Waals surface area contributed by atoms with Crippen molar-refractivity contribution in [3.63, 3.8) is 0 Å². The van der Waals surface area contributed by atoms with E-state index in [1.54, 1.807) is 11.8 Å². The fourth-order valence-corrected chi connectivity index (χ4v) is 3.11. The predicted molar refractivity (Wildman–Crippen MR) is 88.9 cm³/mol. The molecule has 1 aromatic carbocycles. The van der Waals surface area contributed by atoms with Crippen LogP contribution >= 0.6 is 0 Å². The van der Waals surface area contributed by atoms with Crippen molar-refractivity contribution in [3.8, 4) is 0 Å². The molecule has 0 aromatic heterocycles. The second-order valence-corrected chi connectivity index (χ2v) is 6.79. The molecule has 5 nitrogen and oxygen atoms in total. The normalized spacial score (nSPS) is 20.5. The number of aliphatic hydroxyl groups excluding tert-OH is 1. The van der Waals surface area contributed by atoms with E-state index in [4.69, 9.17) is 9.47 Å². The number of hydrogen-bond acceptors (Lipinski definition) is 4. The first-order valence-corrected chi connectivity index (χ1v) is 8.61. The van der Waals surface area contributed by atoms with Gasteiger partial charge in [0, 0.05) is 0 Å². The minimum atomic E-state index is -0.929. The number of nitrogens with zero attached hydrogens (tertiary/aromatic N) is 1. The molecule has 0 aliphatic carbocycles. The Kier molecular flexibility index (Phi) is 6.36. The topological polar surface area (TPSA) is 59.0 Å². The molecule has 0 saturated carbocycles. The Morgan fingerprint density at radius 1 is 1.39 bits per heavy atom. The van der Waals surface area contributed by atoms with E-state index in [-0.39, 0.29) is 24.5 Å². The van der Waals surface area contributed by atoms with Crippen molar-refractivity contribution < 1.29 is 19.4 Å². The molecule has 1 heterocycles. The number of hydrogen-bond donors (Lipinski definition) is 1. The Morgan fingerprint density at radius 3 is 2.61 bits per heavy atom. The van der Waals surface area contributed by atoms with Crippen LogP contribution in [0, 0.1) is 5.92 Å². The first-order valence-electron chi connectivity index (χ1n) is 7.75. The molecule has 1 aliphatic heterocycles. The van der Waals surface area contributed by atoms with Gasteiger partial charge in [-0.3, -0.25) is 0 Å². The molecule has 0 radical (unpaired) electrons. The molecule has 1 aliphatic rings. The summed E-state index contributed by atoms with van der Waals surface area (Å²) in [5.74, 6) is -0.0329. The van der Waals surface area contributed by atoms with E-state index in [9.17, 15) is 9.90 Å². The number of rotatable bonds is 6. The standard InChI is InChI=1S/C17H23NO4Se/c1-11(2)14-10-22-17(23)18(14)16(20)15(12(3)19)21-9-13-7-5-4-6-8-13/h4-8,11-12,14-15,19H,9-10H2,1-3H3/t12?,14-,15?/m1/s1. The average Bonchev–Trinajstić information content (AvgIpc) is 2.90. The number of aliphatic hydroxyl groups is 1. The fourth-order valence-electron chi connectivity index (χ4n) is 2.49. The summed E-state index contributed by atoms with van der Waals surface area (Å²) in [6, 6.07) is 9.53. The summed E-state index contributed by atoms with van der Waals surface area (Å²) in [5.41, 5.74) is 0.955. The van der Waals surface area contributed by atoms with Gasteiger partial charge in [0.25, 0.3) is 0 Å². The van der Waals surface area contributed by atoms with E-state index in [1.807, 2.05) is 44.2 Å². The predicted octanol–water partition coefficient (Wildman–Crippen LogP) is 1.09. The van der Waals surface area contributed by atoms with Gasteiger partial charge in [-0.05, 0) is 0 Å². The van der Waals surface area contributed by atoms with Crippen molar-refractivity contribution >= 4 is 26.2 Å². The zero-order valence-electron chi connectivity index (χ0n) is 13.6. The van der Waals surface area contributed by atoms with Crippen LogP contribution in [0.1, 0.15) is 26.3 Å². The van der Waals surface area contributed by atoms with Gasteiger partial charge in [0.2, 0.25) is 0 Å². The number of amides is 1. The zero-order valence-corrected chi connectivity index (χ0v) is 15.4. The molecular formula is C17H23NO4Se.